The third kappa shape index (κ3) is 5.16. The number of nitrogens with two attached hydrogens (primary N) is 1. The molecule has 0 aliphatic heterocycles. The van der Waals surface area contributed by atoms with Crippen molar-refractivity contribution in [2.45, 2.75) is 26.6 Å². The molecule has 0 spiro atoms. The lowest BCUT2D eigenvalue weighted by Crippen LogP contribution is -2.35. The highest BCUT2D eigenvalue weighted by Gasteiger charge is 2.04. The van der Waals surface area contributed by atoms with Gasteiger partial charge in [-0.3, -0.25) is 9.80 Å². The Morgan fingerprint density at radius 2 is 1.94 bits per heavy atom. The maximum atomic E-state index is 11.2. The fraction of sp³-hybridized carbons (Fsp3) is 0.462. The van der Waals surface area contributed by atoms with Gasteiger partial charge in [0, 0.05) is 7.05 Å². The Balaban J connectivity index is 2.37. The van der Waals surface area contributed by atoms with Gasteiger partial charge >= 0.3 is 0 Å². The molecule has 0 aliphatic carbocycles. The van der Waals surface area contributed by atoms with Crippen molar-refractivity contribution in [1.82, 2.24) is 5.01 Å². The first-order valence-electron chi connectivity index (χ1n) is 5.83. The van der Waals surface area contributed by atoms with E-state index in [0.717, 1.165) is 16.3 Å². The van der Waals surface area contributed by atoms with Crippen molar-refractivity contribution < 1.29 is 14.3 Å². The molecule has 0 unspecified atom stereocenters. The molecule has 1 aromatic carbocycles. The predicted molar refractivity (Wildman–Crippen MR) is 68.8 cm³/mol. The SMILES string of the molecule is CC(C)Oc1ccc(COCC(=O)N(C)N)cc1. The van der Waals surface area contributed by atoms with Crippen molar-refractivity contribution in [3.63, 3.8) is 0 Å². The van der Waals surface area contributed by atoms with Gasteiger partial charge in [0.05, 0.1) is 12.7 Å². The van der Waals surface area contributed by atoms with E-state index < -0.39 is 0 Å². The molecule has 0 aliphatic rings. The van der Waals surface area contributed by atoms with Gasteiger partial charge in [0.25, 0.3) is 5.91 Å². The van der Waals surface area contributed by atoms with Crippen LogP contribution in [-0.2, 0) is 16.1 Å². The van der Waals surface area contributed by atoms with E-state index in [-0.39, 0.29) is 18.6 Å². The molecule has 2 N–H and O–H groups in total. The highest BCUT2D eigenvalue weighted by atomic mass is 16.5. The molecule has 18 heavy (non-hydrogen) atoms. The van der Waals surface area contributed by atoms with Gasteiger partial charge in [-0.05, 0) is 31.5 Å². The number of carbonyl (C=O) groups is 1. The van der Waals surface area contributed by atoms with Gasteiger partial charge in [-0.15, -0.1) is 0 Å². The van der Waals surface area contributed by atoms with E-state index in [4.69, 9.17) is 15.3 Å². The summed E-state index contributed by atoms with van der Waals surface area (Å²) in [4.78, 5) is 11.2. The number of likely N-dealkylation sites (N-methyl/N-ethyl adjacent to an activating group) is 1. The van der Waals surface area contributed by atoms with E-state index in [1.165, 1.54) is 7.05 Å². The molecule has 0 heterocycles. The van der Waals surface area contributed by atoms with Gasteiger partial charge in [-0.2, -0.15) is 0 Å². The second kappa shape index (κ2) is 6.98. The molecule has 1 aromatic rings. The quantitative estimate of drug-likeness (QED) is 0.471. The van der Waals surface area contributed by atoms with Crippen LogP contribution in [0.25, 0.3) is 0 Å². The van der Waals surface area contributed by atoms with Crippen molar-refractivity contribution in [3.8, 4) is 5.75 Å². The summed E-state index contributed by atoms with van der Waals surface area (Å²) in [7, 11) is 1.49. The first kappa shape index (κ1) is 14.5. The number of nitrogens with zero attached hydrogens (tertiary/aromatic N) is 1. The number of ether oxygens (including phenoxy) is 2. The van der Waals surface area contributed by atoms with E-state index in [9.17, 15) is 4.79 Å². The minimum Gasteiger partial charge on any atom is -0.491 e. The Morgan fingerprint density at radius 1 is 1.33 bits per heavy atom. The minimum absolute atomic E-state index is 0.0166. The Morgan fingerprint density at radius 3 is 2.44 bits per heavy atom. The van der Waals surface area contributed by atoms with Crippen LogP contribution in [0.4, 0.5) is 0 Å². The molecule has 0 fully saturated rings. The molecule has 0 saturated heterocycles. The second-order valence-corrected chi connectivity index (χ2v) is 4.31. The maximum absolute atomic E-state index is 11.2. The molecule has 0 saturated carbocycles. The molecule has 0 bridgehead atoms. The van der Waals surface area contributed by atoms with Crippen molar-refractivity contribution >= 4 is 5.91 Å². The Bertz CT molecular complexity index is 374. The highest BCUT2D eigenvalue weighted by molar-refractivity contribution is 5.76. The van der Waals surface area contributed by atoms with Crippen molar-refractivity contribution in [2.75, 3.05) is 13.7 Å². The van der Waals surface area contributed by atoms with Crippen LogP contribution in [0.2, 0.25) is 0 Å². The van der Waals surface area contributed by atoms with Gasteiger partial charge in [-0.1, -0.05) is 12.1 Å². The van der Waals surface area contributed by atoms with Crippen LogP contribution in [0.1, 0.15) is 19.4 Å². The normalized spacial score (nSPS) is 10.5. The van der Waals surface area contributed by atoms with Crippen LogP contribution in [-0.4, -0.2) is 30.7 Å². The van der Waals surface area contributed by atoms with E-state index >= 15 is 0 Å². The van der Waals surface area contributed by atoms with Gasteiger partial charge < -0.3 is 9.47 Å². The zero-order chi connectivity index (χ0) is 13.5. The molecule has 1 rings (SSSR count). The summed E-state index contributed by atoms with van der Waals surface area (Å²) in [6.45, 7) is 4.32. The molecule has 1 amide bonds. The standard InChI is InChI=1S/C13H20N2O3/c1-10(2)18-12-6-4-11(5-7-12)8-17-9-13(16)15(3)14/h4-7,10H,8-9,14H2,1-3H3. The zero-order valence-electron chi connectivity index (χ0n) is 11.1. The van der Waals surface area contributed by atoms with Crippen LogP contribution >= 0.6 is 0 Å². The van der Waals surface area contributed by atoms with Crippen LogP contribution in [0.3, 0.4) is 0 Å². The summed E-state index contributed by atoms with van der Waals surface area (Å²) >= 11 is 0. The average molecular weight is 252 g/mol. The Hall–Kier alpha value is -1.59. The number of benzene rings is 1. The van der Waals surface area contributed by atoms with Gasteiger partial charge in [0.1, 0.15) is 12.4 Å². The maximum Gasteiger partial charge on any atom is 0.262 e. The predicted octanol–water partition coefficient (Wildman–Crippen LogP) is 1.32. The molecule has 100 valence electrons. The summed E-state index contributed by atoms with van der Waals surface area (Å²) in [5.41, 5.74) is 0.985. The minimum atomic E-state index is -0.255. The number of amides is 1. The summed E-state index contributed by atoms with van der Waals surface area (Å²) in [6.07, 6.45) is 0.157. The van der Waals surface area contributed by atoms with E-state index in [2.05, 4.69) is 0 Å². The van der Waals surface area contributed by atoms with E-state index in [1.54, 1.807) is 0 Å². The van der Waals surface area contributed by atoms with E-state index in [0.29, 0.717) is 6.61 Å². The first-order valence-corrected chi connectivity index (χ1v) is 5.83. The number of hydrogen-bond acceptors (Lipinski definition) is 4. The fourth-order valence-electron chi connectivity index (χ4n) is 1.29. The van der Waals surface area contributed by atoms with Crippen molar-refractivity contribution in [2.24, 2.45) is 5.84 Å². The molecular formula is C13H20N2O3. The number of hydrazine groups is 1. The third-order valence-electron chi connectivity index (χ3n) is 2.18. The summed E-state index contributed by atoms with van der Waals surface area (Å²) in [6, 6.07) is 7.59. The number of carbonyl (C=O) groups excluding carboxylic acids is 1. The van der Waals surface area contributed by atoms with Gasteiger partial charge in [0.15, 0.2) is 0 Å². The summed E-state index contributed by atoms with van der Waals surface area (Å²) in [5.74, 6) is 5.84. The lowest BCUT2D eigenvalue weighted by molar-refractivity contribution is -0.135. The second-order valence-electron chi connectivity index (χ2n) is 4.31. The van der Waals surface area contributed by atoms with Crippen LogP contribution in [0.5, 0.6) is 5.75 Å². The summed E-state index contributed by atoms with van der Waals surface area (Å²) < 4.78 is 10.8. The number of hydrogen-bond donors (Lipinski definition) is 1. The van der Waals surface area contributed by atoms with E-state index in [1.807, 2.05) is 38.1 Å². The number of rotatable bonds is 6. The highest BCUT2D eigenvalue weighted by Crippen LogP contribution is 2.14. The average Bonchev–Trinajstić information content (AvgIpc) is 2.30. The van der Waals surface area contributed by atoms with Crippen molar-refractivity contribution in [3.05, 3.63) is 29.8 Å². The molecule has 0 aromatic heterocycles. The van der Waals surface area contributed by atoms with Gasteiger partial charge in [0.2, 0.25) is 0 Å². The molecule has 5 heteroatoms. The molecule has 0 radical (unpaired) electrons. The smallest absolute Gasteiger partial charge is 0.262 e. The monoisotopic (exact) mass is 252 g/mol. The summed E-state index contributed by atoms with van der Waals surface area (Å²) in [5, 5.41) is 1.01. The van der Waals surface area contributed by atoms with Crippen LogP contribution in [0.15, 0.2) is 24.3 Å². The fourth-order valence-corrected chi connectivity index (χ4v) is 1.29. The van der Waals surface area contributed by atoms with Crippen LogP contribution < -0.4 is 10.6 Å². The lowest BCUT2D eigenvalue weighted by Gasteiger charge is -2.11. The molecule has 0 atom stereocenters. The zero-order valence-corrected chi connectivity index (χ0v) is 11.1. The van der Waals surface area contributed by atoms with Gasteiger partial charge in [-0.25, -0.2) is 5.84 Å². The third-order valence-corrected chi connectivity index (χ3v) is 2.18. The topological polar surface area (TPSA) is 64.8 Å². The lowest BCUT2D eigenvalue weighted by atomic mass is 10.2. The molecular weight excluding hydrogens is 232 g/mol. The largest absolute Gasteiger partial charge is 0.491 e. The molecule has 5 nitrogen and oxygen atoms in total. The van der Waals surface area contributed by atoms with Crippen molar-refractivity contribution in [1.29, 1.82) is 0 Å². The Kier molecular flexibility index (Phi) is 5.61. The van der Waals surface area contributed by atoms with Crippen LogP contribution in [0, 0.1) is 0 Å². The first-order chi connectivity index (χ1) is 8.49. The Labute approximate surface area is 107 Å².